The molecule has 0 aliphatic carbocycles. The maximum atomic E-state index is 13.1. The van der Waals surface area contributed by atoms with Gasteiger partial charge in [0.1, 0.15) is 0 Å². The number of carbonyl (C=O) groups is 2. The topological polar surface area (TPSA) is 57.6 Å². The Morgan fingerprint density at radius 1 is 1.27 bits per heavy atom. The first-order valence-corrected chi connectivity index (χ1v) is 7.27. The summed E-state index contributed by atoms with van der Waals surface area (Å²) in [4.78, 5) is 24.1. The van der Waals surface area contributed by atoms with E-state index in [1.165, 1.54) is 0 Å². The van der Waals surface area contributed by atoms with E-state index >= 15 is 0 Å². The molecule has 0 bridgehead atoms. The fourth-order valence-corrected chi connectivity index (χ4v) is 2.70. The van der Waals surface area contributed by atoms with Crippen molar-refractivity contribution in [1.29, 1.82) is 0 Å². The minimum atomic E-state index is -4.88. The van der Waals surface area contributed by atoms with Crippen LogP contribution < -0.4 is 0 Å². The highest BCUT2D eigenvalue weighted by Gasteiger charge is 2.64. The first kappa shape index (κ1) is 16.8. The van der Waals surface area contributed by atoms with Gasteiger partial charge in [-0.05, 0) is 24.1 Å². The number of amides is 1. The lowest BCUT2D eigenvalue weighted by Crippen LogP contribution is -2.47. The summed E-state index contributed by atoms with van der Waals surface area (Å²) in [7, 11) is 0. The molecule has 1 unspecified atom stereocenters. The highest BCUT2D eigenvalue weighted by molar-refractivity contribution is 9.10. The lowest BCUT2D eigenvalue weighted by Gasteiger charge is -2.27. The molecular weight excluding hydrogens is 367 g/mol. The minimum Gasteiger partial charge on any atom is -0.481 e. The van der Waals surface area contributed by atoms with Crippen LogP contribution in [0.25, 0.3) is 0 Å². The maximum absolute atomic E-state index is 13.1. The van der Waals surface area contributed by atoms with Gasteiger partial charge in [0.25, 0.3) is 0 Å². The smallest absolute Gasteiger partial charge is 0.406 e. The predicted molar refractivity (Wildman–Crippen MR) is 75.2 cm³/mol. The summed E-state index contributed by atoms with van der Waals surface area (Å²) >= 11 is 3.24. The van der Waals surface area contributed by atoms with Gasteiger partial charge in [-0.2, -0.15) is 13.2 Å². The van der Waals surface area contributed by atoms with Gasteiger partial charge in [0, 0.05) is 17.6 Å². The van der Waals surface area contributed by atoms with Gasteiger partial charge in [0.15, 0.2) is 5.41 Å². The van der Waals surface area contributed by atoms with Crippen LogP contribution in [0, 0.1) is 5.41 Å². The van der Waals surface area contributed by atoms with Crippen LogP contribution in [0.4, 0.5) is 13.2 Å². The molecule has 1 N–H and O–H groups in total. The van der Waals surface area contributed by atoms with Crippen LogP contribution in [0.15, 0.2) is 28.7 Å². The van der Waals surface area contributed by atoms with Crippen molar-refractivity contribution in [2.45, 2.75) is 19.0 Å². The summed E-state index contributed by atoms with van der Waals surface area (Å²) in [6, 6.07) is 6.83. The number of carboxylic acids is 1. The van der Waals surface area contributed by atoms with Crippen molar-refractivity contribution in [2.75, 3.05) is 13.1 Å². The zero-order chi connectivity index (χ0) is 16.5. The fourth-order valence-electron chi connectivity index (χ4n) is 2.44. The number of rotatable bonds is 3. The predicted octanol–water partition coefficient (Wildman–Crippen LogP) is 2.86. The maximum Gasteiger partial charge on any atom is 0.406 e. The number of hydrogen-bond acceptors (Lipinski definition) is 2. The number of aliphatic carboxylic acids is 1. The summed E-state index contributed by atoms with van der Waals surface area (Å²) in [6.45, 7) is -1.04. The number of halogens is 4. The standard InChI is InChI=1S/C14H13BrF3NO3/c15-10-3-1-9(2-4-10)7-11(20)19-6-5-13(8-19,12(21)22)14(16,17)18/h1-4H,5-8H2,(H,21,22). The molecule has 1 amide bonds. The molecule has 0 aromatic heterocycles. The van der Waals surface area contributed by atoms with Crippen LogP contribution in [-0.2, 0) is 16.0 Å². The van der Waals surface area contributed by atoms with Gasteiger partial charge < -0.3 is 10.0 Å². The highest BCUT2D eigenvalue weighted by atomic mass is 79.9. The Morgan fingerprint density at radius 2 is 1.86 bits per heavy atom. The average Bonchev–Trinajstić information content (AvgIpc) is 2.87. The van der Waals surface area contributed by atoms with Crippen LogP contribution in [0.3, 0.4) is 0 Å². The number of carbonyl (C=O) groups excluding carboxylic acids is 1. The SMILES string of the molecule is O=C(Cc1ccc(Br)cc1)N1CCC(C(=O)O)(C(F)(F)F)C1. The van der Waals surface area contributed by atoms with E-state index in [2.05, 4.69) is 15.9 Å². The zero-order valence-electron chi connectivity index (χ0n) is 11.4. The first-order chi connectivity index (χ1) is 10.2. The van der Waals surface area contributed by atoms with E-state index < -0.39 is 36.4 Å². The number of carboxylic acid groups (broad SMARTS) is 1. The van der Waals surface area contributed by atoms with Crippen LogP contribution in [0.5, 0.6) is 0 Å². The largest absolute Gasteiger partial charge is 0.481 e. The van der Waals surface area contributed by atoms with Gasteiger partial charge in [-0.15, -0.1) is 0 Å². The quantitative estimate of drug-likeness (QED) is 0.878. The molecule has 1 aromatic carbocycles. The number of alkyl halides is 3. The molecule has 0 radical (unpaired) electrons. The Kier molecular flexibility index (Phi) is 4.51. The van der Waals surface area contributed by atoms with Crippen LogP contribution >= 0.6 is 15.9 Å². The second-order valence-electron chi connectivity index (χ2n) is 5.25. The number of likely N-dealkylation sites (tertiary alicyclic amines) is 1. The molecule has 0 spiro atoms. The molecule has 1 aliphatic rings. The molecule has 22 heavy (non-hydrogen) atoms. The summed E-state index contributed by atoms with van der Waals surface area (Å²) in [6.07, 6.45) is -5.55. The highest BCUT2D eigenvalue weighted by Crippen LogP contribution is 2.45. The van der Waals surface area contributed by atoms with Crippen molar-refractivity contribution < 1.29 is 27.9 Å². The molecule has 0 saturated carbocycles. The zero-order valence-corrected chi connectivity index (χ0v) is 12.9. The third-order valence-electron chi connectivity index (χ3n) is 3.84. The average molecular weight is 380 g/mol. The van der Waals surface area contributed by atoms with Gasteiger partial charge in [-0.3, -0.25) is 9.59 Å². The normalized spacial score (nSPS) is 21.9. The van der Waals surface area contributed by atoms with Gasteiger partial charge in [-0.25, -0.2) is 0 Å². The van der Waals surface area contributed by atoms with Crippen LogP contribution in [0.1, 0.15) is 12.0 Å². The molecule has 2 rings (SSSR count). The van der Waals surface area contributed by atoms with E-state index in [-0.39, 0.29) is 13.0 Å². The second kappa shape index (κ2) is 5.91. The van der Waals surface area contributed by atoms with E-state index in [9.17, 15) is 22.8 Å². The van der Waals surface area contributed by atoms with E-state index in [0.717, 1.165) is 9.37 Å². The first-order valence-electron chi connectivity index (χ1n) is 6.48. The van der Waals surface area contributed by atoms with Crippen molar-refractivity contribution in [3.8, 4) is 0 Å². The van der Waals surface area contributed by atoms with Crippen molar-refractivity contribution in [2.24, 2.45) is 5.41 Å². The Hall–Kier alpha value is -1.57. The Labute approximate surface area is 133 Å². The molecule has 4 nitrogen and oxygen atoms in total. The van der Waals surface area contributed by atoms with Crippen LogP contribution in [-0.4, -0.2) is 41.1 Å². The lowest BCUT2D eigenvalue weighted by atomic mass is 9.86. The van der Waals surface area contributed by atoms with Crippen molar-refractivity contribution in [1.82, 2.24) is 4.90 Å². The van der Waals surface area contributed by atoms with Crippen molar-refractivity contribution in [3.05, 3.63) is 34.3 Å². The molecule has 8 heteroatoms. The molecule has 1 aliphatic heterocycles. The lowest BCUT2D eigenvalue weighted by molar-refractivity contribution is -0.227. The molecule has 1 fully saturated rings. The summed E-state index contributed by atoms with van der Waals surface area (Å²) in [5.41, 5.74) is -2.20. The summed E-state index contributed by atoms with van der Waals surface area (Å²) < 4.78 is 40.0. The van der Waals surface area contributed by atoms with Crippen LogP contribution in [0.2, 0.25) is 0 Å². The van der Waals surface area contributed by atoms with E-state index in [0.29, 0.717) is 5.56 Å². The van der Waals surface area contributed by atoms with E-state index in [4.69, 9.17) is 5.11 Å². The molecule has 120 valence electrons. The molecule has 1 heterocycles. The second-order valence-corrected chi connectivity index (χ2v) is 6.17. The molecule has 1 aromatic rings. The Balaban J connectivity index is 2.10. The summed E-state index contributed by atoms with van der Waals surface area (Å²) in [5.74, 6) is -2.44. The monoisotopic (exact) mass is 379 g/mol. The summed E-state index contributed by atoms with van der Waals surface area (Å²) in [5, 5.41) is 8.96. The van der Waals surface area contributed by atoms with E-state index in [1.54, 1.807) is 24.3 Å². The fraction of sp³-hybridized carbons (Fsp3) is 0.429. The third-order valence-corrected chi connectivity index (χ3v) is 4.37. The van der Waals surface area contributed by atoms with Crippen molar-refractivity contribution >= 4 is 27.8 Å². The van der Waals surface area contributed by atoms with Gasteiger partial charge in [-0.1, -0.05) is 28.1 Å². The molecule has 1 saturated heterocycles. The number of benzene rings is 1. The third kappa shape index (κ3) is 3.11. The minimum absolute atomic E-state index is 0.0547. The van der Waals surface area contributed by atoms with Gasteiger partial charge in [0.05, 0.1) is 6.42 Å². The van der Waals surface area contributed by atoms with E-state index in [1.807, 2.05) is 0 Å². The molecule has 1 atom stereocenters. The van der Waals surface area contributed by atoms with Gasteiger partial charge in [0.2, 0.25) is 5.91 Å². The van der Waals surface area contributed by atoms with Crippen molar-refractivity contribution in [3.63, 3.8) is 0 Å². The van der Waals surface area contributed by atoms with Gasteiger partial charge >= 0.3 is 12.1 Å². The Morgan fingerprint density at radius 3 is 2.32 bits per heavy atom. The molecular formula is C14H13BrF3NO3. The Bertz CT molecular complexity index is 588. The number of hydrogen-bond donors (Lipinski definition) is 1. The number of nitrogens with zero attached hydrogens (tertiary/aromatic N) is 1.